The number of rotatable bonds is 7. The SMILES string of the molecule is OCCCNc1cc(Nc2ccc(N3CCOCC3)cc2)ncn1. The van der Waals surface area contributed by atoms with E-state index < -0.39 is 0 Å². The van der Waals surface area contributed by atoms with Crippen molar-refractivity contribution >= 4 is 23.0 Å². The van der Waals surface area contributed by atoms with Crippen molar-refractivity contribution in [3.63, 3.8) is 0 Å². The van der Waals surface area contributed by atoms with Crippen LogP contribution < -0.4 is 15.5 Å². The van der Waals surface area contributed by atoms with Crippen LogP contribution in [0.2, 0.25) is 0 Å². The van der Waals surface area contributed by atoms with E-state index in [4.69, 9.17) is 9.84 Å². The van der Waals surface area contributed by atoms with E-state index in [1.165, 1.54) is 12.0 Å². The molecule has 7 nitrogen and oxygen atoms in total. The van der Waals surface area contributed by atoms with Crippen LogP contribution in [0.3, 0.4) is 0 Å². The average molecular weight is 329 g/mol. The van der Waals surface area contributed by atoms with E-state index in [9.17, 15) is 0 Å². The van der Waals surface area contributed by atoms with Crippen molar-refractivity contribution in [2.24, 2.45) is 0 Å². The van der Waals surface area contributed by atoms with Crippen molar-refractivity contribution < 1.29 is 9.84 Å². The summed E-state index contributed by atoms with van der Waals surface area (Å²) in [6, 6.07) is 10.2. The molecule has 2 aromatic rings. The summed E-state index contributed by atoms with van der Waals surface area (Å²) in [7, 11) is 0. The van der Waals surface area contributed by atoms with E-state index in [0.717, 1.165) is 43.6 Å². The molecule has 0 bridgehead atoms. The van der Waals surface area contributed by atoms with Crippen molar-refractivity contribution in [2.45, 2.75) is 6.42 Å². The molecule has 0 aliphatic carbocycles. The minimum Gasteiger partial charge on any atom is -0.396 e. The van der Waals surface area contributed by atoms with E-state index in [2.05, 4.69) is 37.6 Å². The molecule has 0 amide bonds. The number of anilines is 4. The summed E-state index contributed by atoms with van der Waals surface area (Å²) >= 11 is 0. The van der Waals surface area contributed by atoms with Gasteiger partial charge in [0.25, 0.3) is 0 Å². The van der Waals surface area contributed by atoms with Gasteiger partial charge in [-0.2, -0.15) is 0 Å². The van der Waals surface area contributed by atoms with Crippen molar-refractivity contribution in [1.82, 2.24) is 9.97 Å². The first-order valence-electron chi connectivity index (χ1n) is 8.22. The smallest absolute Gasteiger partial charge is 0.135 e. The maximum atomic E-state index is 8.81. The first-order chi connectivity index (χ1) is 11.8. The summed E-state index contributed by atoms with van der Waals surface area (Å²) in [6.07, 6.45) is 2.21. The van der Waals surface area contributed by atoms with Crippen LogP contribution in [0.4, 0.5) is 23.0 Å². The fourth-order valence-electron chi connectivity index (χ4n) is 2.54. The molecule has 2 heterocycles. The molecule has 1 saturated heterocycles. The average Bonchev–Trinajstić information content (AvgIpc) is 2.64. The predicted molar refractivity (Wildman–Crippen MR) is 95.0 cm³/mol. The highest BCUT2D eigenvalue weighted by molar-refractivity contribution is 5.62. The molecular formula is C17H23N5O2. The van der Waals surface area contributed by atoms with Gasteiger partial charge in [0.2, 0.25) is 0 Å². The Balaban J connectivity index is 1.60. The van der Waals surface area contributed by atoms with Gasteiger partial charge in [0, 0.05) is 43.7 Å². The van der Waals surface area contributed by atoms with Crippen molar-refractivity contribution in [3.05, 3.63) is 36.7 Å². The first kappa shape index (κ1) is 16.5. The summed E-state index contributed by atoms with van der Waals surface area (Å²) in [5.74, 6) is 1.47. The molecular weight excluding hydrogens is 306 g/mol. The largest absolute Gasteiger partial charge is 0.396 e. The zero-order chi connectivity index (χ0) is 16.6. The van der Waals surface area contributed by atoms with Crippen LogP contribution in [0.1, 0.15) is 6.42 Å². The summed E-state index contributed by atoms with van der Waals surface area (Å²) < 4.78 is 5.38. The predicted octanol–water partition coefficient (Wildman–Crippen LogP) is 1.85. The van der Waals surface area contributed by atoms with Gasteiger partial charge in [0.1, 0.15) is 18.0 Å². The summed E-state index contributed by atoms with van der Waals surface area (Å²) in [4.78, 5) is 10.7. The fraction of sp³-hybridized carbons (Fsp3) is 0.412. The van der Waals surface area contributed by atoms with Crippen molar-refractivity contribution in [1.29, 1.82) is 0 Å². The summed E-state index contributed by atoms with van der Waals surface area (Å²) in [6.45, 7) is 4.28. The Morgan fingerprint density at radius 2 is 1.83 bits per heavy atom. The Bertz CT molecular complexity index is 629. The van der Waals surface area contributed by atoms with Gasteiger partial charge in [-0.15, -0.1) is 0 Å². The maximum absolute atomic E-state index is 8.81. The quantitative estimate of drug-likeness (QED) is 0.669. The number of aromatic nitrogens is 2. The number of benzene rings is 1. The van der Waals surface area contributed by atoms with Crippen LogP contribution in [-0.2, 0) is 4.74 Å². The molecule has 0 saturated carbocycles. The lowest BCUT2D eigenvalue weighted by molar-refractivity contribution is 0.122. The summed E-state index contributed by atoms with van der Waals surface area (Å²) in [5, 5.41) is 15.3. The third kappa shape index (κ3) is 4.56. The first-order valence-corrected chi connectivity index (χ1v) is 8.22. The minimum absolute atomic E-state index is 0.165. The lowest BCUT2D eigenvalue weighted by atomic mass is 10.2. The van der Waals surface area contributed by atoms with Crippen molar-refractivity contribution in [3.8, 4) is 0 Å². The number of hydrogen-bond acceptors (Lipinski definition) is 7. The lowest BCUT2D eigenvalue weighted by Crippen LogP contribution is -2.36. The van der Waals surface area contributed by atoms with Crippen LogP contribution >= 0.6 is 0 Å². The molecule has 1 aliphatic rings. The maximum Gasteiger partial charge on any atom is 0.135 e. The Labute approximate surface area is 141 Å². The van der Waals surface area contributed by atoms with Gasteiger partial charge < -0.3 is 25.4 Å². The van der Waals surface area contributed by atoms with E-state index in [1.807, 2.05) is 18.2 Å². The fourth-order valence-corrected chi connectivity index (χ4v) is 2.54. The number of morpholine rings is 1. The van der Waals surface area contributed by atoms with Gasteiger partial charge in [-0.25, -0.2) is 9.97 Å². The molecule has 7 heteroatoms. The Morgan fingerprint density at radius 3 is 2.58 bits per heavy atom. The number of aliphatic hydroxyl groups is 1. The minimum atomic E-state index is 0.165. The molecule has 0 atom stereocenters. The van der Waals surface area contributed by atoms with Gasteiger partial charge >= 0.3 is 0 Å². The number of aliphatic hydroxyl groups excluding tert-OH is 1. The van der Waals surface area contributed by atoms with Crippen LogP contribution in [0, 0.1) is 0 Å². The van der Waals surface area contributed by atoms with Crippen LogP contribution in [-0.4, -0.2) is 54.5 Å². The second-order valence-electron chi connectivity index (χ2n) is 5.56. The zero-order valence-corrected chi connectivity index (χ0v) is 13.6. The molecule has 0 radical (unpaired) electrons. The molecule has 0 unspecified atom stereocenters. The summed E-state index contributed by atoms with van der Waals surface area (Å²) in [5.41, 5.74) is 2.19. The molecule has 0 spiro atoms. The number of nitrogens with zero attached hydrogens (tertiary/aromatic N) is 3. The monoisotopic (exact) mass is 329 g/mol. The number of ether oxygens (including phenoxy) is 1. The van der Waals surface area contributed by atoms with Gasteiger partial charge in [-0.05, 0) is 30.7 Å². The van der Waals surface area contributed by atoms with E-state index in [0.29, 0.717) is 13.0 Å². The lowest BCUT2D eigenvalue weighted by Gasteiger charge is -2.28. The van der Waals surface area contributed by atoms with Gasteiger partial charge in [0.05, 0.1) is 13.2 Å². The second kappa shape index (κ2) is 8.47. The van der Waals surface area contributed by atoms with E-state index in [-0.39, 0.29) is 6.61 Å². The van der Waals surface area contributed by atoms with Crippen LogP contribution in [0.5, 0.6) is 0 Å². The standard InChI is InChI=1S/C17H23N5O2/c23-9-1-6-18-16-12-17(20-13-19-16)21-14-2-4-15(5-3-14)22-7-10-24-11-8-22/h2-5,12-13,23H,1,6-11H2,(H2,18,19,20,21). The molecule has 3 rings (SSSR count). The zero-order valence-electron chi connectivity index (χ0n) is 13.6. The molecule has 128 valence electrons. The Morgan fingerprint density at radius 1 is 1.08 bits per heavy atom. The molecule has 3 N–H and O–H groups in total. The highest BCUT2D eigenvalue weighted by Crippen LogP contribution is 2.21. The number of hydrogen-bond donors (Lipinski definition) is 3. The van der Waals surface area contributed by atoms with Gasteiger partial charge in [-0.3, -0.25) is 0 Å². The number of nitrogens with one attached hydrogen (secondary N) is 2. The third-order valence-corrected chi connectivity index (χ3v) is 3.82. The van der Waals surface area contributed by atoms with Crippen LogP contribution in [0.15, 0.2) is 36.7 Å². The van der Waals surface area contributed by atoms with E-state index in [1.54, 1.807) is 0 Å². The molecule has 1 fully saturated rings. The normalized spacial score (nSPS) is 14.5. The van der Waals surface area contributed by atoms with Gasteiger partial charge in [-0.1, -0.05) is 0 Å². The van der Waals surface area contributed by atoms with E-state index >= 15 is 0 Å². The van der Waals surface area contributed by atoms with Crippen LogP contribution in [0.25, 0.3) is 0 Å². The third-order valence-electron chi connectivity index (χ3n) is 3.82. The van der Waals surface area contributed by atoms with Crippen molar-refractivity contribution in [2.75, 3.05) is 55.0 Å². The molecule has 24 heavy (non-hydrogen) atoms. The van der Waals surface area contributed by atoms with Gasteiger partial charge in [0.15, 0.2) is 0 Å². The second-order valence-corrected chi connectivity index (χ2v) is 5.56. The molecule has 1 aromatic heterocycles. The highest BCUT2D eigenvalue weighted by Gasteiger charge is 2.10. The highest BCUT2D eigenvalue weighted by atomic mass is 16.5. The molecule has 1 aliphatic heterocycles. The Kier molecular flexibility index (Phi) is 5.81. The molecule has 1 aromatic carbocycles. The Hall–Kier alpha value is -2.38. The topological polar surface area (TPSA) is 82.5 Å².